The largest absolute Gasteiger partial charge is 0.481 e. The van der Waals surface area contributed by atoms with E-state index in [0.29, 0.717) is 32.4 Å². The van der Waals surface area contributed by atoms with Gasteiger partial charge >= 0.3 is 12.1 Å². The maximum absolute atomic E-state index is 12.9. The Morgan fingerprint density at radius 2 is 1.77 bits per heavy atom. The number of alkyl carbamates (subject to hydrolysis) is 1. The molecule has 2 heterocycles. The van der Waals surface area contributed by atoms with Gasteiger partial charge in [0, 0.05) is 37.4 Å². The molecule has 1 atom stereocenters. The number of aliphatic carboxylic acids is 1. The molecule has 11 heteroatoms. The van der Waals surface area contributed by atoms with Crippen LogP contribution in [0.4, 0.5) is 4.79 Å². The summed E-state index contributed by atoms with van der Waals surface area (Å²) in [6, 6.07) is -0.579. The van der Waals surface area contributed by atoms with Crippen molar-refractivity contribution in [3.05, 3.63) is 0 Å². The number of hydrogen-bond acceptors (Lipinski definition) is 7. The molecule has 3 amide bonds. The third kappa shape index (κ3) is 8.44. The van der Waals surface area contributed by atoms with E-state index in [2.05, 4.69) is 10.6 Å². The molecule has 2 rings (SSSR count). The molecule has 0 unspecified atom stereocenters. The Hall–Kier alpha value is -1.62. The number of unbranched alkanes of at least 4 members (excludes halogenated alkanes) is 2. The van der Waals surface area contributed by atoms with Gasteiger partial charge in [0.25, 0.3) is 0 Å². The first-order valence-corrected chi connectivity index (χ1v) is 12.5. The molecule has 0 aromatic heterocycles. The van der Waals surface area contributed by atoms with Crippen molar-refractivity contribution in [1.29, 1.82) is 0 Å². The van der Waals surface area contributed by atoms with Crippen molar-refractivity contribution in [1.82, 2.24) is 15.5 Å². The molecular formula is C20H33N3O6S2. The molecule has 2 fully saturated rings. The summed E-state index contributed by atoms with van der Waals surface area (Å²) >= 11 is 3.57. The summed E-state index contributed by atoms with van der Waals surface area (Å²) < 4.78 is 5.00. The highest BCUT2D eigenvalue weighted by atomic mass is 32.2. The van der Waals surface area contributed by atoms with Crippen LogP contribution < -0.4 is 10.6 Å². The van der Waals surface area contributed by atoms with Gasteiger partial charge in [0.05, 0.1) is 4.08 Å². The highest BCUT2D eigenvalue weighted by Crippen LogP contribution is 2.51. The molecule has 1 spiro atoms. The van der Waals surface area contributed by atoms with Crippen molar-refractivity contribution in [3.8, 4) is 0 Å². The Morgan fingerprint density at radius 3 is 2.39 bits per heavy atom. The Bertz CT molecular complexity index is 676. The number of nitrogens with one attached hydrogen (secondary N) is 2. The Labute approximate surface area is 191 Å². The Morgan fingerprint density at radius 1 is 1.10 bits per heavy atom. The van der Waals surface area contributed by atoms with E-state index in [4.69, 9.17) is 9.84 Å². The Kier molecular flexibility index (Phi) is 9.35. The molecule has 0 aromatic rings. The van der Waals surface area contributed by atoms with Crippen LogP contribution in [0.1, 0.15) is 52.9 Å². The predicted octanol–water partition coefficient (Wildman–Crippen LogP) is 2.05. The fourth-order valence-corrected chi connectivity index (χ4v) is 6.77. The van der Waals surface area contributed by atoms with Gasteiger partial charge in [-0.15, -0.1) is 23.5 Å². The number of amides is 3. The van der Waals surface area contributed by atoms with Crippen LogP contribution in [0, 0.1) is 0 Å². The topological polar surface area (TPSA) is 125 Å². The van der Waals surface area contributed by atoms with Gasteiger partial charge in [-0.2, -0.15) is 0 Å². The number of carbonyl (C=O) groups is 4. The average Bonchev–Trinajstić information content (AvgIpc) is 3.28. The number of carbonyl (C=O) groups excluding carboxylic acids is 3. The molecule has 2 aliphatic rings. The molecule has 0 aromatic carbocycles. The summed E-state index contributed by atoms with van der Waals surface area (Å²) in [6.45, 7) is 5.92. The molecule has 0 radical (unpaired) electrons. The maximum atomic E-state index is 12.9. The zero-order valence-corrected chi connectivity index (χ0v) is 20.0. The second-order valence-electron chi connectivity index (χ2n) is 8.70. The number of likely N-dealkylation sites (tertiary alicyclic amines) is 1. The number of carboxylic acids is 1. The molecular weight excluding hydrogens is 442 g/mol. The van der Waals surface area contributed by atoms with Crippen molar-refractivity contribution in [2.75, 3.05) is 31.1 Å². The number of nitrogens with zero attached hydrogens (tertiary/aromatic N) is 1. The van der Waals surface area contributed by atoms with Gasteiger partial charge in [-0.25, -0.2) is 4.79 Å². The lowest BCUT2D eigenvalue weighted by atomic mass is 10.1. The highest BCUT2D eigenvalue weighted by molar-refractivity contribution is 8.21. The molecule has 9 nitrogen and oxygen atoms in total. The first-order valence-electron chi connectivity index (χ1n) is 10.6. The smallest absolute Gasteiger partial charge is 0.408 e. The lowest BCUT2D eigenvalue weighted by Crippen LogP contribution is -2.49. The van der Waals surface area contributed by atoms with E-state index in [-0.39, 0.29) is 28.9 Å². The standard InChI is InChI=1S/C20H33N3O6S2/c1-19(2,3)29-18(28)22-12-15(24)23-13-20(30-9-10-31-20)11-14(23)17(27)21-8-6-4-5-7-16(25)26/h14H,4-13H2,1-3H3,(H,21,27)(H,22,28)(H,25,26)/t14-/m0/s1. The molecule has 0 bridgehead atoms. The third-order valence-corrected chi connectivity index (χ3v) is 8.30. The van der Waals surface area contributed by atoms with Crippen LogP contribution in [0.15, 0.2) is 0 Å². The third-order valence-electron chi connectivity index (χ3n) is 4.88. The minimum atomic E-state index is -0.819. The molecule has 2 aliphatic heterocycles. The van der Waals surface area contributed by atoms with Gasteiger partial charge in [-0.05, 0) is 33.6 Å². The van der Waals surface area contributed by atoms with Crippen molar-refractivity contribution in [3.63, 3.8) is 0 Å². The van der Waals surface area contributed by atoms with E-state index < -0.39 is 23.7 Å². The molecule has 31 heavy (non-hydrogen) atoms. The average molecular weight is 476 g/mol. The van der Waals surface area contributed by atoms with Gasteiger partial charge in [0.2, 0.25) is 11.8 Å². The fraction of sp³-hybridized carbons (Fsp3) is 0.800. The van der Waals surface area contributed by atoms with Crippen LogP contribution in [-0.2, 0) is 19.1 Å². The summed E-state index contributed by atoms with van der Waals surface area (Å²) in [5, 5.41) is 14.0. The van der Waals surface area contributed by atoms with Crippen molar-refractivity contribution in [2.45, 2.75) is 68.6 Å². The highest BCUT2D eigenvalue weighted by Gasteiger charge is 2.51. The number of carboxylic acid groups (broad SMARTS) is 1. The second kappa shape index (κ2) is 11.3. The lowest BCUT2D eigenvalue weighted by Gasteiger charge is -2.25. The van der Waals surface area contributed by atoms with Crippen LogP contribution in [-0.4, -0.2) is 80.7 Å². The van der Waals surface area contributed by atoms with Crippen molar-refractivity contribution in [2.24, 2.45) is 0 Å². The molecule has 3 N–H and O–H groups in total. The zero-order chi connectivity index (χ0) is 23.1. The van der Waals surface area contributed by atoms with Crippen LogP contribution in [0.3, 0.4) is 0 Å². The monoisotopic (exact) mass is 475 g/mol. The van der Waals surface area contributed by atoms with E-state index in [0.717, 1.165) is 17.9 Å². The van der Waals surface area contributed by atoms with E-state index in [1.807, 2.05) is 0 Å². The summed E-state index contributed by atoms with van der Waals surface area (Å²) in [4.78, 5) is 49.7. The predicted molar refractivity (Wildman–Crippen MR) is 121 cm³/mol. The quantitative estimate of drug-likeness (QED) is 0.433. The van der Waals surface area contributed by atoms with E-state index >= 15 is 0 Å². The molecule has 2 saturated heterocycles. The number of hydrogen-bond donors (Lipinski definition) is 3. The second-order valence-corrected chi connectivity index (χ2v) is 11.9. The maximum Gasteiger partial charge on any atom is 0.408 e. The first-order chi connectivity index (χ1) is 14.5. The van der Waals surface area contributed by atoms with Crippen LogP contribution in [0.25, 0.3) is 0 Å². The molecule has 176 valence electrons. The summed E-state index contributed by atoms with van der Waals surface area (Å²) in [5.74, 6) is 0.647. The van der Waals surface area contributed by atoms with Crippen molar-refractivity contribution < 1.29 is 29.0 Å². The van der Waals surface area contributed by atoms with E-state index in [9.17, 15) is 19.2 Å². The SMILES string of the molecule is CC(C)(C)OC(=O)NCC(=O)N1CC2(C[C@H]1C(=O)NCCCCCC(=O)O)SCCS2. The first kappa shape index (κ1) is 25.6. The van der Waals surface area contributed by atoms with Crippen molar-refractivity contribution >= 4 is 47.4 Å². The minimum Gasteiger partial charge on any atom is -0.481 e. The van der Waals surface area contributed by atoms with Crippen LogP contribution in [0.2, 0.25) is 0 Å². The normalized spacial score (nSPS) is 20.0. The minimum absolute atomic E-state index is 0.125. The molecule has 0 aliphatic carbocycles. The summed E-state index contributed by atoms with van der Waals surface area (Å²) in [7, 11) is 0. The van der Waals surface area contributed by atoms with Crippen LogP contribution in [0.5, 0.6) is 0 Å². The summed E-state index contributed by atoms with van der Waals surface area (Å²) in [5.41, 5.74) is -0.658. The van der Waals surface area contributed by atoms with Gasteiger partial charge < -0.3 is 25.4 Å². The number of thioether (sulfide) groups is 2. The van der Waals surface area contributed by atoms with Gasteiger partial charge in [0.15, 0.2) is 0 Å². The zero-order valence-electron chi connectivity index (χ0n) is 18.4. The van der Waals surface area contributed by atoms with E-state index in [1.165, 1.54) is 0 Å². The molecule has 0 saturated carbocycles. The van der Waals surface area contributed by atoms with Gasteiger partial charge in [0.1, 0.15) is 18.2 Å². The van der Waals surface area contributed by atoms with Crippen LogP contribution >= 0.6 is 23.5 Å². The number of rotatable bonds is 9. The van der Waals surface area contributed by atoms with E-state index in [1.54, 1.807) is 49.2 Å². The number of ether oxygens (including phenoxy) is 1. The fourth-order valence-electron chi connectivity index (χ4n) is 3.51. The van der Waals surface area contributed by atoms with Gasteiger partial charge in [-0.3, -0.25) is 14.4 Å². The Balaban J connectivity index is 1.89. The van der Waals surface area contributed by atoms with Gasteiger partial charge in [-0.1, -0.05) is 6.42 Å². The summed E-state index contributed by atoms with van der Waals surface area (Å²) in [6.07, 6.45) is 2.02. The lowest BCUT2D eigenvalue weighted by molar-refractivity contribution is -0.137.